The van der Waals surface area contributed by atoms with Gasteiger partial charge in [-0.2, -0.15) is 0 Å². The zero-order valence-corrected chi connectivity index (χ0v) is 11.9. The van der Waals surface area contributed by atoms with Crippen molar-refractivity contribution >= 4 is 11.7 Å². The molecule has 0 aliphatic heterocycles. The van der Waals surface area contributed by atoms with Gasteiger partial charge in [0.2, 0.25) is 5.89 Å². The third kappa shape index (κ3) is 4.61. The Bertz CT molecular complexity index is 552. The monoisotopic (exact) mass is 289 g/mol. The summed E-state index contributed by atoms with van der Waals surface area (Å²) in [5, 5.41) is 14.9. The van der Waals surface area contributed by atoms with Crippen LogP contribution in [0.15, 0.2) is 41.1 Å². The van der Waals surface area contributed by atoms with Crippen molar-refractivity contribution in [3.63, 3.8) is 0 Å². The first-order chi connectivity index (χ1) is 10.2. The Kier molecular flexibility index (Phi) is 5.34. The molecule has 0 bridgehead atoms. The number of aliphatic hydroxyl groups excluding tert-OH is 1. The zero-order chi connectivity index (χ0) is 15.1. The van der Waals surface area contributed by atoms with E-state index in [2.05, 4.69) is 15.6 Å². The lowest BCUT2D eigenvalue weighted by Gasteiger charge is -2.11. The third-order valence-corrected chi connectivity index (χ3v) is 2.94. The fraction of sp³-hybridized carbons (Fsp3) is 0.333. The van der Waals surface area contributed by atoms with Crippen molar-refractivity contribution in [2.24, 2.45) is 0 Å². The van der Waals surface area contributed by atoms with Crippen molar-refractivity contribution in [2.75, 3.05) is 11.9 Å². The van der Waals surface area contributed by atoms with Crippen molar-refractivity contribution in [2.45, 2.75) is 25.9 Å². The van der Waals surface area contributed by atoms with Gasteiger partial charge >= 0.3 is 6.03 Å². The molecule has 1 unspecified atom stereocenters. The maximum Gasteiger partial charge on any atom is 0.319 e. The van der Waals surface area contributed by atoms with Crippen LogP contribution in [0.4, 0.5) is 10.5 Å². The van der Waals surface area contributed by atoms with Gasteiger partial charge in [0.15, 0.2) is 0 Å². The number of nitrogens with one attached hydrogen (secondary N) is 2. The SMILES string of the molecule is CCCC(O)CNC(=O)Nc1ccc(-c2ncco2)cc1. The highest BCUT2D eigenvalue weighted by Gasteiger charge is 2.07. The number of aliphatic hydroxyl groups is 1. The lowest BCUT2D eigenvalue weighted by atomic mass is 10.2. The molecule has 0 radical (unpaired) electrons. The van der Waals surface area contributed by atoms with Crippen molar-refractivity contribution in [3.05, 3.63) is 36.7 Å². The summed E-state index contributed by atoms with van der Waals surface area (Å²) in [6.07, 6.45) is 4.14. The number of carbonyl (C=O) groups excluding carboxylic acids is 1. The van der Waals surface area contributed by atoms with Crippen molar-refractivity contribution < 1.29 is 14.3 Å². The van der Waals surface area contributed by atoms with E-state index in [0.29, 0.717) is 18.0 Å². The van der Waals surface area contributed by atoms with Crippen molar-refractivity contribution in [1.29, 1.82) is 0 Å². The number of aromatic nitrogens is 1. The van der Waals surface area contributed by atoms with Gasteiger partial charge in [0, 0.05) is 17.8 Å². The first-order valence-electron chi connectivity index (χ1n) is 6.92. The number of rotatable bonds is 6. The molecular weight excluding hydrogens is 270 g/mol. The minimum atomic E-state index is -0.506. The smallest absolute Gasteiger partial charge is 0.319 e. The van der Waals surface area contributed by atoms with Crippen LogP contribution in [0.1, 0.15) is 19.8 Å². The number of amides is 2. The van der Waals surface area contributed by atoms with Gasteiger partial charge in [0.1, 0.15) is 6.26 Å². The largest absolute Gasteiger partial charge is 0.445 e. The molecule has 2 amide bonds. The van der Waals surface area contributed by atoms with Crippen LogP contribution in [0.3, 0.4) is 0 Å². The number of nitrogens with zero attached hydrogens (tertiary/aromatic N) is 1. The van der Waals surface area contributed by atoms with Crippen LogP contribution in [0.5, 0.6) is 0 Å². The number of benzene rings is 1. The van der Waals surface area contributed by atoms with Crippen LogP contribution in [-0.4, -0.2) is 28.8 Å². The Hall–Kier alpha value is -2.34. The maximum atomic E-state index is 11.7. The van der Waals surface area contributed by atoms with Gasteiger partial charge in [-0.1, -0.05) is 13.3 Å². The number of oxazole rings is 1. The molecule has 2 rings (SSSR count). The number of carbonyl (C=O) groups is 1. The van der Waals surface area contributed by atoms with E-state index in [9.17, 15) is 9.90 Å². The van der Waals surface area contributed by atoms with Gasteiger partial charge < -0.3 is 20.2 Å². The predicted molar refractivity (Wildman–Crippen MR) is 79.9 cm³/mol. The fourth-order valence-electron chi connectivity index (χ4n) is 1.88. The molecule has 6 heteroatoms. The standard InChI is InChI=1S/C15H19N3O3/c1-2-3-13(19)10-17-15(20)18-12-6-4-11(5-7-12)14-16-8-9-21-14/h4-9,13,19H,2-3,10H2,1H3,(H2,17,18,20). The van der Waals surface area contributed by atoms with Gasteiger partial charge in [0.25, 0.3) is 0 Å². The quantitative estimate of drug-likeness (QED) is 0.763. The molecule has 0 aliphatic carbocycles. The molecule has 0 spiro atoms. The van der Waals surface area contributed by atoms with Crippen LogP contribution in [-0.2, 0) is 0 Å². The first kappa shape index (κ1) is 15.1. The highest BCUT2D eigenvalue weighted by atomic mass is 16.3. The van der Waals surface area contributed by atoms with Gasteiger partial charge in [-0.25, -0.2) is 9.78 Å². The summed E-state index contributed by atoms with van der Waals surface area (Å²) in [5.74, 6) is 0.536. The second-order valence-electron chi connectivity index (χ2n) is 4.69. The number of urea groups is 1. The normalized spacial score (nSPS) is 11.9. The summed E-state index contributed by atoms with van der Waals surface area (Å²) in [6, 6.07) is 6.82. The van der Waals surface area contributed by atoms with E-state index in [4.69, 9.17) is 4.42 Å². The van der Waals surface area contributed by atoms with Crippen LogP contribution in [0.25, 0.3) is 11.5 Å². The summed E-state index contributed by atoms with van der Waals surface area (Å²) >= 11 is 0. The predicted octanol–water partition coefficient (Wildman–Crippen LogP) is 2.62. The van der Waals surface area contributed by atoms with Crippen LogP contribution < -0.4 is 10.6 Å². The lowest BCUT2D eigenvalue weighted by Crippen LogP contribution is -2.35. The fourth-order valence-corrected chi connectivity index (χ4v) is 1.88. The Morgan fingerprint density at radius 2 is 2.14 bits per heavy atom. The molecule has 0 aliphatic rings. The summed E-state index contributed by atoms with van der Waals surface area (Å²) in [5.41, 5.74) is 1.50. The van der Waals surface area contributed by atoms with E-state index in [0.717, 1.165) is 12.0 Å². The number of hydrogen-bond acceptors (Lipinski definition) is 4. The number of anilines is 1. The van der Waals surface area contributed by atoms with E-state index in [1.54, 1.807) is 18.3 Å². The molecule has 1 aromatic carbocycles. The highest BCUT2D eigenvalue weighted by molar-refractivity contribution is 5.89. The Morgan fingerprint density at radius 3 is 2.76 bits per heavy atom. The third-order valence-electron chi connectivity index (χ3n) is 2.94. The minimum Gasteiger partial charge on any atom is -0.445 e. The Labute approximate surface area is 123 Å². The van der Waals surface area contributed by atoms with Crippen LogP contribution in [0, 0.1) is 0 Å². The molecule has 3 N–H and O–H groups in total. The van der Waals surface area contributed by atoms with Crippen LogP contribution in [0.2, 0.25) is 0 Å². The van der Waals surface area contributed by atoms with Crippen molar-refractivity contribution in [1.82, 2.24) is 10.3 Å². The lowest BCUT2D eigenvalue weighted by molar-refractivity contribution is 0.162. The molecule has 0 saturated carbocycles. The molecular formula is C15H19N3O3. The molecule has 21 heavy (non-hydrogen) atoms. The summed E-state index contributed by atoms with van der Waals surface area (Å²) in [6.45, 7) is 2.23. The van der Waals surface area contributed by atoms with Crippen LogP contribution >= 0.6 is 0 Å². The second kappa shape index (κ2) is 7.44. The molecule has 1 heterocycles. The molecule has 112 valence electrons. The zero-order valence-electron chi connectivity index (χ0n) is 11.9. The van der Waals surface area contributed by atoms with E-state index >= 15 is 0 Å². The highest BCUT2D eigenvalue weighted by Crippen LogP contribution is 2.19. The minimum absolute atomic E-state index is 0.244. The molecule has 1 atom stereocenters. The molecule has 2 aromatic rings. The molecule has 1 aromatic heterocycles. The molecule has 0 saturated heterocycles. The van der Waals surface area contributed by atoms with Gasteiger partial charge in [0.05, 0.1) is 12.3 Å². The van der Waals surface area contributed by atoms with E-state index < -0.39 is 6.10 Å². The van der Waals surface area contributed by atoms with Gasteiger partial charge in [-0.3, -0.25) is 0 Å². The number of hydrogen-bond donors (Lipinski definition) is 3. The summed E-state index contributed by atoms with van der Waals surface area (Å²) in [7, 11) is 0. The summed E-state index contributed by atoms with van der Waals surface area (Å²) in [4.78, 5) is 15.7. The second-order valence-corrected chi connectivity index (χ2v) is 4.69. The maximum absolute atomic E-state index is 11.7. The van der Waals surface area contributed by atoms with Gasteiger partial charge in [-0.15, -0.1) is 0 Å². The summed E-state index contributed by atoms with van der Waals surface area (Å²) < 4.78 is 5.19. The molecule has 6 nitrogen and oxygen atoms in total. The van der Waals surface area contributed by atoms with Crippen molar-refractivity contribution in [3.8, 4) is 11.5 Å². The average Bonchev–Trinajstić information content (AvgIpc) is 3.00. The van der Waals surface area contributed by atoms with E-state index in [1.165, 1.54) is 6.26 Å². The topological polar surface area (TPSA) is 87.4 Å². The first-order valence-corrected chi connectivity index (χ1v) is 6.92. The van der Waals surface area contributed by atoms with Gasteiger partial charge in [-0.05, 0) is 30.7 Å². The molecule has 0 fully saturated rings. The average molecular weight is 289 g/mol. The van der Waals surface area contributed by atoms with E-state index in [1.807, 2.05) is 19.1 Å². The Balaban J connectivity index is 1.84. The van der Waals surface area contributed by atoms with E-state index in [-0.39, 0.29) is 12.6 Å². The Morgan fingerprint density at radius 1 is 1.38 bits per heavy atom.